The van der Waals surface area contributed by atoms with Gasteiger partial charge in [0.1, 0.15) is 18.2 Å². The second-order valence-corrected chi connectivity index (χ2v) is 7.00. The third-order valence-electron chi connectivity index (χ3n) is 4.69. The zero-order valence-electron chi connectivity index (χ0n) is 16.0. The average Bonchev–Trinajstić information content (AvgIpc) is 2.63. The molecule has 0 aromatic heterocycles. The molecule has 0 amide bonds. The first-order valence-corrected chi connectivity index (χ1v) is 10.0. The monoisotopic (exact) mass is 345 g/mol. The highest BCUT2D eigenvalue weighted by atomic mass is 16.5. The minimum absolute atomic E-state index is 0.703. The minimum Gasteiger partial charge on any atom is -0.494 e. The molecule has 0 radical (unpaired) electrons. The number of rotatable bonds is 13. The Bertz CT molecular complexity index is 501. The van der Waals surface area contributed by atoms with E-state index in [1.54, 1.807) is 0 Å². The van der Waals surface area contributed by atoms with Crippen molar-refractivity contribution in [2.75, 3.05) is 19.9 Å². The van der Waals surface area contributed by atoms with E-state index in [1.807, 2.05) is 12.1 Å². The van der Waals surface area contributed by atoms with Crippen LogP contribution in [0.5, 0.6) is 11.5 Å². The van der Waals surface area contributed by atoms with Gasteiger partial charge in [-0.25, -0.2) is 0 Å². The van der Waals surface area contributed by atoms with Gasteiger partial charge >= 0.3 is 0 Å². The molecule has 0 aliphatic carbocycles. The van der Waals surface area contributed by atoms with Crippen LogP contribution in [0.25, 0.3) is 0 Å². The normalized spacial score (nSPS) is 14.0. The molecule has 0 saturated heterocycles. The fourth-order valence-corrected chi connectivity index (χ4v) is 3.28. The molecule has 0 fully saturated rings. The van der Waals surface area contributed by atoms with Gasteiger partial charge in [-0.3, -0.25) is 4.90 Å². The summed E-state index contributed by atoms with van der Waals surface area (Å²) < 4.78 is 11.8. The van der Waals surface area contributed by atoms with Crippen LogP contribution < -0.4 is 9.47 Å². The van der Waals surface area contributed by atoms with Gasteiger partial charge in [-0.15, -0.1) is 6.58 Å². The summed E-state index contributed by atoms with van der Waals surface area (Å²) >= 11 is 0. The molecule has 25 heavy (non-hydrogen) atoms. The van der Waals surface area contributed by atoms with Gasteiger partial charge in [0.25, 0.3) is 0 Å². The second kappa shape index (κ2) is 12.0. The molecule has 0 atom stereocenters. The van der Waals surface area contributed by atoms with Gasteiger partial charge in [-0.05, 0) is 43.9 Å². The van der Waals surface area contributed by atoms with Crippen molar-refractivity contribution >= 4 is 0 Å². The van der Waals surface area contributed by atoms with Crippen molar-refractivity contribution in [1.29, 1.82) is 0 Å². The van der Waals surface area contributed by atoms with E-state index in [9.17, 15) is 0 Å². The Morgan fingerprint density at radius 2 is 1.88 bits per heavy atom. The quantitative estimate of drug-likeness (QED) is 0.326. The number of unbranched alkanes of at least 4 members (excludes halogenated alkanes) is 7. The number of benzene rings is 1. The number of ether oxygens (including phenoxy) is 2. The lowest BCUT2D eigenvalue weighted by Gasteiger charge is -2.28. The van der Waals surface area contributed by atoms with Gasteiger partial charge in [-0.1, -0.05) is 45.1 Å². The van der Waals surface area contributed by atoms with Crippen LogP contribution in [0, 0.1) is 0 Å². The summed E-state index contributed by atoms with van der Waals surface area (Å²) in [6.45, 7) is 9.53. The fourth-order valence-electron chi connectivity index (χ4n) is 3.28. The van der Waals surface area contributed by atoms with E-state index in [0.29, 0.717) is 6.73 Å². The highest BCUT2D eigenvalue weighted by Crippen LogP contribution is 2.29. The van der Waals surface area contributed by atoms with Gasteiger partial charge in [0.15, 0.2) is 0 Å². The van der Waals surface area contributed by atoms with Crippen LogP contribution in [0.2, 0.25) is 0 Å². The first kappa shape index (κ1) is 19.8. The Balaban J connectivity index is 1.59. The molecule has 0 N–H and O–H groups in total. The Morgan fingerprint density at radius 1 is 1.12 bits per heavy atom. The third-order valence-corrected chi connectivity index (χ3v) is 4.69. The third kappa shape index (κ3) is 7.52. The molecule has 0 bridgehead atoms. The lowest BCUT2D eigenvalue weighted by Crippen LogP contribution is -2.32. The molecule has 1 aromatic rings. The van der Waals surface area contributed by atoms with E-state index in [0.717, 1.165) is 50.5 Å². The van der Waals surface area contributed by atoms with E-state index >= 15 is 0 Å². The summed E-state index contributed by atoms with van der Waals surface area (Å²) in [4.78, 5) is 2.33. The summed E-state index contributed by atoms with van der Waals surface area (Å²) in [5.74, 6) is 1.99. The van der Waals surface area contributed by atoms with Gasteiger partial charge in [0.2, 0.25) is 0 Å². The molecular formula is C22H35NO2. The standard InChI is InChI=1S/C22H35NO2/c1-3-5-6-7-8-9-10-11-12-16-24-21-13-14-22-20(17-21)18-23(15-4-2)19-25-22/h3,13-14,17H,1,4-12,15-16,18-19H2,2H3. The van der Waals surface area contributed by atoms with Crippen molar-refractivity contribution in [3.63, 3.8) is 0 Å². The van der Waals surface area contributed by atoms with E-state index in [2.05, 4.69) is 30.5 Å². The molecule has 0 unspecified atom stereocenters. The van der Waals surface area contributed by atoms with Crippen molar-refractivity contribution < 1.29 is 9.47 Å². The van der Waals surface area contributed by atoms with Crippen molar-refractivity contribution in [1.82, 2.24) is 4.90 Å². The number of hydrogen-bond acceptors (Lipinski definition) is 3. The maximum absolute atomic E-state index is 5.94. The van der Waals surface area contributed by atoms with Crippen LogP contribution in [0.1, 0.15) is 70.3 Å². The Kier molecular flexibility index (Phi) is 9.50. The summed E-state index contributed by atoms with van der Waals surface area (Å²) in [6, 6.07) is 6.24. The zero-order valence-corrected chi connectivity index (χ0v) is 16.0. The van der Waals surface area contributed by atoms with E-state index < -0.39 is 0 Å². The molecule has 1 heterocycles. The molecule has 0 saturated carbocycles. The lowest BCUT2D eigenvalue weighted by molar-refractivity contribution is 0.0952. The predicted molar refractivity (Wildman–Crippen MR) is 105 cm³/mol. The molecule has 3 heteroatoms. The van der Waals surface area contributed by atoms with Crippen LogP contribution in [-0.4, -0.2) is 24.8 Å². The highest BCUT2D eigenvalue weighted by molar-refractivity contribution is 5.41. The van der Waals surface area contributed by atoms with Crippen molar-refractivity contribution in [2.45, 2.75) is 71.3 Å². The van der Waals surface area contributed by atoms with Crippen molar-refractivity contribution in [2.24, 2.45) is 0 Å². The molecule has 0 spiro atoms. The van der Waals surface area contributed by atoms with Crippen LogP contribution >= 0.6 is 0 Å². The number of fused-ring (bicyclic) bond motifs is 1. The average molecular weight is 346 g/mol. The molecular weight excluding hydrogens is 310 g/mol. The van der Waals surface area contributed by atoms with E-state index in [4.69, 9.17) is 9.47 Å². The number of hydrogen-bond donors (Lipinski definition) is 0. The molecule has 2 rings (SSSR count). The van der Waals surface area contributed by atoms with Crippen LogP contribution in [0.15, 0.2) is 30.9 Å². The molecule has 140 valence electrons. The lowest BCUT2D eigenvalue weighted by atomic mass is 10.1. The highest BCUT2D eigenvalue weighted by Gasteiger charge is 2.17. The van der Waals surface area contributed by atoms with Gasteiger partial charge in [0, 0.05) is 18.7 Å². The van der Waals surface area contributed by atoms with Gasteiger partial charge < -0.3 is 9.47 Å². The van der Waals surface area contributed by atoms with Crippen LogP contribution in [0.3, 0.4) is 0 Å². The SMILES string of the molecule is C=CCCCCCCCCCOc1ccc2c(c1)CN(CCC)CO2. The smallest absolute Gasteiger partial charge is 0.142 e. The van der Waals surface area contributed by atoms with E-state index in [1.165, 1.54) is 44.1 Å². The molecule has 1 aliphatic rings. The van der Waals surface area contributed by atoms with Crippen LogP contribution in [0.4, 0.5) is 0 Å². The van der Waals surface area contributed by atoms with Gasteiger partial charge in [0.05, 0.1) is 6.61 Å². The predicted octanol–water partition coefficient (Wildman–Crippen LogP) is 5.93. The molecule has 1 aromatic carbocycles. The maximum atomic E-state index is 5.94. The maximum Gasteiger partial charge on any atom is 0.142 e. The number of nitrogens with zero attached hydrogens (tertiary/aromatic N) is 1. The second-order valence-electron chi connectivity index (χ2n) is 7.00. The molecule has 1 aliphatic heterocycles. The molecule has 3 nitrogen and oxygen atoms in total. The Morgan fingerprint density at radius 3 is 2.64 bits per heavy atom. The van der Waals surface area contributed by atoms with E-state index in [-0.39, 0.29) is 0 Å². The Labute approximate surface area is 154 Å². The first-order valence-electron chi connectivity index (χ1n) is 10.0. The summed E-state index contributed by atoms with van der Waals surface area (Å²) in [6.07, 6.45) is 13.4. The summed E-state index contributed by atoms with van der Waals surface area (Å²) in [5.41, 5.74) is 1.25. The van der Waals surface area contributed by atoms with Crippen molar-refractivity contribution in [3.8, 4) is 11.5 Å². The first-order chi connectivity index (χ1) is 12.3. The van der Waals surface area contributed by atoms with Crippen LogP contribution in [-0.2, 0) is 6.54 Å². The fraction of sp³-hybridized carbons (Fsp3) is 0.636. The number of allylic oxidation sites excluding steroid dienone is 1. The van der Waals surface area contributed by atoms with Crippen molar-refractivity contribution in [3.05, 3.63) is 36.4 Å². The zero-order chi connectivity index (χ0) is 17.7. The summed E-state index contributed by atoms with van der Waals surface area (Å²) in [7, 11) is 0. The minimum atomic E-state index is 0.703. The largest absolute Gasteiger partial charge is 0.494 e. The Hall–Kier alpha value is -1.48. The summed E-state index contributed by atoms with van der Waals surface area (Å²) in [5, 5.41) is 0. The topological polar surface area (TPSA) is 21.7 Å². The van der Waals surface area contributed by atoms with Gasteiger partial charge in [-0.2, -0.15) is 0 Å².